The van der Waals surface area contributed by atoms with Crippen LogP contribution in [0.5, 0.6) is 0 Å². The summed E-state index contributed by atoms with van der Waals surface area (Å²) in [6.45, 7) is 3.77. The number of fused-ring (bicyclic) bond motifs is 3. The molecule has 1 atom stereocenters. The van der Waals surface area contributed by atoms with Gasteiger partial charge in [0.15, 0.2) is 11.2 Å². The smallest absolute Gasteiger partial charge is 0.329 e. The molecule has 2 aromatic rings. The van der Waals surface area contributed by atoms with E-state index in [4.69, 9.17) is 0 Å². The molecular formula is C11H15N5O2. The van der Waals surface area contributed by atoms with Gasteiger partial charge in [-0.2, -0.15) is 4.98 Å². The van der Waals surface area contributed by atoms with Crippen LogP contribution in [-0.2, 0) is 13.6 Å². The molecule has 0 saturated carbocycles. The van der Waals surface area contributed by atoms with Gasteiger partial charge in [-0.05, 0) is 5.92 Å². The van der Waals surface area contributed by atoms with Crippen LogP contribution in [-0.4, -0.2) is 32.7 Å². The molecule has 0 aromatic carbocycles. The molecule has 7 heteroatoms. The summed E-state index contributed by atoms with van der Waals surface area (Å²) in [5, 5.41) is 0. The molecule has 0 fully saturated rings. The summed E-state index contributed by atoms with van der Waals surface area (Å²) in [5.41, 5.74) is 0.123. The van der Waals surface area contributed by atoms with E-state index in [2.05, 4.69) is 16.9 Å². The molecule has 1 aliphatic heterocycles. The number of aromatic nitrogens is 4. The second-order valence-corrected chi connectivity index (χ2v) is 5.00. The largest absolute Gasteiger partial charge is 0.345 e. The van der Waals surface area contributed by atoms with E-state index in [9.17, 15) is 9.59 Å². The Morgan fingerprint density at radius 2 is 2.00 bits per heavy atom. The zero-order valence-electron chi connectivity index (χ0n) is 10.6. The van der Waals surface area contributed by atoms with Crippen LogP contribution in [0.1, 0.15) is 6.92 Å². The predicted octanol–water partition coefficient (Wildman–Crippen LogP) is -0.491. The Morgan fingerprint density at radius 1 is 1.28 bits per heavy atom. The van der Waals surface area contributed by atoms with E-state index in [-0.39, 0.29) is 5.56 Å². The lowest BCUT2D eigenvalue weighted by Gasteiger charge is -2.29. The Balaban J connectivity index is 2.45. The second kappa shape index (κ2) is 3.47. The van der Waals surface area contributed by atoms with E-state index in [0.717, 1.165) is 19.0 Å². The Bertz CT molecular complexity index is 738. The Morgan fingerprint density at radius 3 is 2.72 bits per heavy atom. The van der Waals surface area contributed by atoms with Gasteiger partial charge < -0.3 is 9.47 Å². The molecule has 0 aliphatic carbocycles. The van der Waals surface area contributed by atoms with E-state index in [1.807, 2.05) is 16.5 Å². The van der Waals surface area contributed by atoms with E-state index >= 15 is 0 Å². The van der Waals surface area contributed by atoms with Crippen molar-refractivity contribution in [1.82, 2.24) is 19.1 Å². The van der Waals surface area contributed by atoms with Crippen molar-refractivity contribution < 1.29 is 0 Å². The zero-order valence-corrected chi connectivity index (χ0v) is 10.6. The molecule has 0 bridgehead atoms. The van der Waals surface area contributed by atoms with Gasteiger partial charge in [0.25, 0.3) is 5.56 Å². The summed E-state index contributed by atoms with van der Waals surface area (Å²) < 4.78 is 3.27. The first-order chi connectivity index (χ1) is 8.49. The van der Waals surface area contributed by atoms with E-state index in [0.29, 0.717) is 17.1 Å². The topological polar surface area (TPSA) is 75.9 Å². The van der Waals surface area contributed by atoms with E-state index < -0.39 is 5.69 Å². The Labute approximate surface area is 103 Å². The van der Waals surface area contributed by atoms with Gasteiger partial charge in [0.05, 0.1) is 0 Å². The minimum absolute atomic E-state index is 0.366. The zero-order chi connectivity index (χ0) is 13.0. The molecule has 96 valence electrons. The summed E-state index contributed by atoms with van der Waals surface area (Å²) in [6.07, 6.45) is 0. The minimum Gasteiger partial charge on any atom is -0.345 e. The van der Waals surface area contributed by atoms with Gasteiger partial charge in [-0.25, -0.2) is 4.79 Å². The van der Waals surface area contributed by atoms with Crippen LogP contribution in [0.15, 0.2) is 9.59 Å². The third kappa shape index (κ3) is 1.33. The minimum atomic E-state index is -0.432. The van der Waals surface area contributed by atoms with Crippen molar-refractivity contribution in [2.75, 3.05) is 18.5 Å². The van der Waals surface area contributed by atoms with E-state index in [1.165, 1.54) is 4.57 Å². The summed E-state index contributed by atoms with van der Waals surface area (Å²) in [5.74, 6) is 1.19. The molecular weight excluding hydrogens is 234 g/mol. The van der Waals surface area contributed by atoms with Crippen LogP contribution in [0.3, 0.4) is 0 Å². The normalized spacial score (nSPS) is 19.3. The molecule has 0 saturated heterocycles. The highest BCUT2D eigenvalue weighted by Gasteiger charge is 2.25. The van der Waals surface area contributed by atoms with E-state index in [1.54, 1.807) is 7.05 Å². The Hall–Kier alpha value is -2.05. The van der Waals surface area contributed by atoms with Crippen LogP contribution in [0.2, 0.25) is 0 Å². The first-order valence-electron chi connectivity index (χ1n) is 5.89. The SMILES string of the molecule is C[C@H]1CN(C)c2nc3c(c(=O)[nH]c(=O)n3C)n2C1. The molecule has 3 heterocycles. The number of anilines is 1. The van der Waals surface area contributed by atoms with Gasteiger partial charge in [-0.3, -0.25) is 14.3 Å². The number of aromatic amines is 1. The van der Waals surface area contributed by atoms with Gasteiger partial charge in [0.2, 0.25) is 5.95 Å². The van der Waals surface area contributed by atoms with Gasteiger partial charge in [0.1, 0.15) is 0 Å². The third-order valence-corrected chi connectivity index (χ3v) is 3.41. The van der Waals surface area contributed by atoms with Crippen LogP contribution in [0.25, 0.3) is 11.2 Å². The van der Waals surface area contributed by atoms with Crippen molar-refractivity contribution >= 4 is 17.1 Å². The van der Waals surface area contributed by atoms with Crippen molar-refractivity contribution in [3.8, 4) is 0 Å². The fraction of sp³-hybridized carbons (Fsp3) is 0.545. The standard InChI is InChI=1S/C11H15N5O2/c1-6-4-14(2)10-12-8-7(16(10)5-6)9(17)13-11(18)15(8)3/h6H,4-5H2,1-3H3,(H,13,17,18)/t6-/m0/s1. The molecule has 7 nitrogen and oxygen atoms in total. The Kier molecular flexibility index (Phi) is 2.13. The first kappa shape index (κ1) is 11.1. The highest BCUT2D eigenvalue weighted by Crippen LogP contribution is 2.24. The summed E-state index contributed by atoms with van der Waals surface area (Å²) in [6, 6.07) is 0. The third-order valence-electron chi connectivity index (χ3n) is 3.41. The number of nitrogens with zero attached hydrogens (tertiary/aromatic N) is 4. The lowest BCUT2D eigenvalue weighted by atomic mass is 10.1. The molecule has 18 heavy (non-hydrogen) atoms. The number of rotatable bonds is 0. The highest BCUT2D eigenvalue weighted by atomic mass is 16.2. The number of imidazole rings is 1. The van der Waals surface area contributed by atoms with Crippen LogP contribution >= 0.6 is 0 Å². The number of hydrogen-bond acceptors (Lipinski definition) is 4. The maximum atomic E-state index is 11.9. The molecule has 2 aromatic heterocycles. The fourth-order valence-corrected chi connectivity index (χ4v) is 2.61. The van der Waals surface area contributed by atoms with Crippen LogP contribution < -0.4 is 16.1 Å². The first-order valence-corrected chi connectivity index (χ1v) is 5.89. The lowest BCUT2D eigenvalue weighted by molar-refractivity contribution is 0.450. The summed E-state index contributed by atoms with van der Waals surface area (Å²) in [4.78, 5) is 32.3. The molecule has 0 radical (unpaired) electrons. The lowest BCUT2D eigenvalue weighted by Crippen LogP contribution is -2.35. The monoisotopic (exact) mass is 249 g/mol. The van der Waals surface area contributed by atoms with Gasteiger partial charge in [-0.15, -0.1) is 0 Å². The average Bonchev–Trinajstić information content (AvgIpc) is 2.66. The maximum Gasteiger partial charge on any atom is 0.329 e. The van der Waals surface area contributed by atoms with Crippen molar-refractivity contribution in [1.29, 1.82) is 0 Å². The molecule has 3 rings (SSSR count). The molecule has 0 spiro atoms. The molecule has 0 amide bonds. The second-order valence-electron chi connectivity index (χ2n) is 5.00. The summed E-state index contributed by atoms with van der Waals surface area (Å²) in [7, 11) is 3.56. The maximum absolute atomic E-state index is 11.9. The van der Waals surface area contributed by atoms with Crippen molar-refractivity contribution in [2.45, 2.75) is 13.5 Å². The molecule has 1 N–H and O–H groups in total. The van der Waals surface area contributed by atoms with Gasteiger partial charge in [0, 0.05) is 27.2 Å². The number of H-pyrrole nitrogens is 1. The number of hydrogen-bond donors (Lipinski definition) is 1. The molecule has 0 unspecified atom stereocenters. The summed E-state index contributed by atoms with van der Waals surface area (Å²) >= 11 is 0. The average molecular weight is 249 g/mol. The highest BCUT2D eigenvalue weighted by molar-refractivity contribution is 5.74. The number of nitrogens with one attached hydrogen (secondary N) is 1. The quantitative estimate of drug-likeness (QED) is 0.683. The van der Waals surface area contributed by atoms with Gasteiger partial charge >= 0.3 is 5.69 Å². The predicted molar refractivity (Wildman–Crippen MR) is 68.0 cm³/mol. The number of aryl methyl sites for hydroxylation is 1. The van der Waals surface area contributed by atoms with Crippen molar-refractivity contribution in [2.24, 2.45) is 13.0 Å². The fourth-order valence-electron chi connectivity index (χ4n) is 2.61. The van der Waals surface area contributed by atoms with Crippen LogP contribution in [0.4, 0.5) is 5.95 Å². The van der Waals surface area contributed by atoms with Gasteiger partial charge in [-0.1, -0.05) is 6.92 Å². The van der Waals surface area contributed by atoms with Crippen molar-refractivity contribution in [3.05, 3.63) is 20.8 Å². The van der Waals surface area contributed by atoms with Crippen molar-refractivity contribution in [3.63, 3.8) is 0 Å². The molecule has 1 aliphatic rings. The van der Waals surface area contributed by atoms with Crippen LogP contribution in [0, 0.1) is 5.92 Å².